The Labute approximate surface area is 95.0 Å². The van der Waals surface area contributed by atoms with Gasteiger partial charge < -0.3 is 5.32 Å². The first-order chi connectivity index (χ1) is 7.31. The first-order valence-electron chi connectivity index (χ1n) is 6.42. The lowest BCUT2D eigenvalue weighted by Gasteiger charge is -2.33. The summed E-state index contributed by atoms with van der Waals surface area (Å²) in [5, 5.41) is 3.44. The van der Waals surface area contributed by atoms with Crippen molar-refractivity contribution < 1.29 is 0 Å². The van der Waals surface area contributed by atoms with Crippen molar-refractivity contribution in [2.45, 2.75) is 57.9 Å². The van der Waals surface area contributed by atoms with Crippen LogP contribution in [0, 0.1) is 24.2 Å². The van der Waals surface area contributed by atoms with Crippen LogP contribution in [0.4, 0.5) is 0 Å². The molecule has 0 aromatic carbocycles. The molecule has 1 nitrogen and oxygen atoms in total. The maximum atomic E-state index is 5.33. The molecular weight excluding hydrogens is 182 g/mol. The van der Waals surface area contributed by atoms with Gasteiger partial charge in [-0.1, -0.05) is 26.2 Å². The van der Waals surface area contributed by atoms with E-state index in [4.69, 9.17) is 6.42 Å². The number of hydrogen-bond donors (Lipinski definition) is 1. The fourth-order valence-electron chi connectivity index (χ4n) is 2.85. The highest BCUT2D eigenvalue weighted by Crippen LogP contribution is 2.33. The van der Waals surface area contributed by atoms with Crippen LogP contribution in [0.1, 0.15) is 51.9 Å². The van der Waals surface area contributed by atoms with Gasteiger partial charge in [-0.15, -0.1) is 12.3 Å². The minimum atomic E-state index is 0.652. The van der Waals surface area contributed by atoms with Crippen molar-refractivity contribution in [1.82, 2.24) is 5.32 Å². The minimum absolute atomic E-state index is 0.652. The van der Waals surface area contributed by atoms with Gasteiger partial charge in [-0.2, -0.15) is 0 Å². The number of terminal acetylenes is 1. The van der Waals surface area contributed by atoms with Crippen LogP contribution in [-0.2, 0) is 0 Å². The SMILES string of the molecule is C#CCCC(NC)C1CCC(CC)CC1. The van der Waals surface area contributed by atoms with Gasteiger partial charge in [0.2, 0.25) is 0 Å². The maximum absolute atomic E-state index is 5.33. The van der Waals surface area contributed by atoms with Crippen molar-refractivity contribution in [2.24, 2.45) is 11.8 Å². The summed E-state index contributed by atoms with van der Waals surface area (Å²) in [5.41, 5.74) is 0. The van der Waals surface area contributed by atoms with Gasteiger partial charge in [0.05, 0.1) is 0 Å². The summed E-state index contributed by atoms with van der Waals surface area (Å²) < 4.78 is 0. The summed E-state index contributed by atoms with van der Waals surface area (Å²) in [4.78, 5) is 0. The second-order valence-corrected chi connectivity index (χ2v) is 4.83. The van der Waals surface area contributed by atoms with Gasteiger partial charge in [0.1, 0.15) is 0 Å². The highest BCUT2D eigenvalue weighted by molar-refractivity contribution is 4.88. The topological polar surface area (TPSA) is 12.0 Å². The van der Waals surface area contributed by atoms with E-state index >= 15 is 0 Å². The van der Waals surface area contributed by atoms with Crippen LogP contribution < -0.4 is 5.32 Å². The fourth-order valence-corrected chi connectivity index (χ4v) is 2.85. The minimum Gasteiger partial charge on any atom is -0.317 e. The second-order valence-electron chi connectivity index (χ2n) is 4.83. The average molecular weight is 207 g/mol. The molecule has 0 aromatic heterocycles. The first kappa shape index (κ1) is 12.6. The quantitative estimate of drug-likeness (QED) is 0.683. The molecule has 1 unspecified atom stereocenters. The van der Waals surface area contributed by atoms with Gasteiger partial charge in [0.25, 0.3) is 0 Å². The Morgan fingerprint density at radius 1 is 1.33 bits per heavy atom. The third-order valence-corrected chi connectivity index (χ3v) is 4.01. The van der Waals surface area contributed by atoms with Crippen molar-refractivity contribution in [2.75, 3.05) is 7.05 Å². The number of hydrogen-bond acceptors (Lipinski definition) is 1. The molecule has 1 heteroatoms. The molecule has 86 valence electrons. The van der Waals surface area contributed by atoms with Crippen LogP contribution in [0.25, 0.3) is 0 Å². The molecular formula is C14H25N. The van der Waals surface area contributed by atoms with Gasteiger partial charge in [0, 0.05) is 12.5 Å². The summed E-state index contributed by atoms with van der Waals surface area (Å²) in [7, 11) is 2.08. The first-order valence-corrected chi connectivity index (χ1v) is 6.42. The second kappa shape index (κ2) is 6.90. The molecule has 1 N–H and O–H groups in total. The van der Waals surface area contributed by atoms with Crippen molar-refractivity contribution in [3.8, 4) is 12.3 Å². The summed E-state index contributed by atoms with van der Waals surface area (Å²) in [6.07, 6.45) is 14.4. The number of nitrogens with one attached hydrogen (secondary N) is 1. The number of rotatable bonds is 5. The van der Waals surface area contributed by atoms with Gasteiger partial charge in [-0.05, 0) is 38.1 Å². The summed E-state index contributed by atoms with van der Waals surface area (Å²) >= 11 is 0. The molecule has 15 heavy (non-hydrogen) atoms. The Morgan fingerprint density at radius 2 is 2.00 bits per heavy atom. The fraction of sp³-hybridized carbons (Fsp3) is 0.857. The lowest BCUT2D eigenvalue weighted by atomic mass is 9.76. The van der Waals surface area contributed by atoms with E-state index in [1.165, 1.54) is 32.1 Å². The molecule has 0 bridgehead atoms. The van der Waals surface area contributed by atoms with Crippen molar-refractivity contribution >= 4 is 0 Å². The molecule has 1 fully saturated rings. The van der Waals surface area contributed by atoms with Gasteiger partial charge in [0.15, 0.2) is 0 Å². The Bertz CT molecular complexity index is 196. The maximum Gasteiger partial charge on any atom is 0.0101 e. The van der Waals surface area contributed by atoms with E-state index in [-0.39, 0.29) is 0 Å². The molecule has 0 radical (unpaired) electrons. The summed E-state index contributed by atoms with van der Waals surface area (Å²) in [6, 6.07) is 0.652. The van der Waals surface area contributed by atoms with E-state index in [9.17, 15) is 0 Å². The monoisotopic (exact) mass is 207 g/mol. The van der Waals surface area contributed by atoms with Gasteiger partial charge in [-0.25, -0.2) is 0 Å². The van der Waals surface area contributed by atoms with Crippen LogP contribution in [-0.4, -0.2) is 13.1 Å². The normalized spacial score (nSPS) is 28.3. The van der Waals surface area contributed by atoms with E-state index < -0.39 is 0 Å². The molecule has 1 aliphatic rings. The van der Waals surface area contributed by atoms with Gasteiger partial charge in [-0.3, -0.25) is 0 Å². The largest absolute Gasteiger partial charge is 0.317 e. The van der Waals surface area contributed by atoms with Gasteiger partial charge >= 0.3 is 0 Å². The molecule has 0 aromatic rings. The average Bonchev–Trinajstić information content (AvgIpc) is 2.31. The summed E-state index contributed by atoms with van der Waals surface area (Å²) in [6.45, 7) is 2.32. The van der Waals surface area contributed by atoms with Crippen LogP contribution in [0.3, 0.4) is 0 Å². The zero-order valence-electron chi connectivity index (χ0n) is 10.3. The molecule has 0 heterocycles. The molecule has 0 aliphatic heterocycles. The van der Waals surface area contributed by atoms with Crippen LogP contribution >= 0.6 is 0 Å². The Kier molecular flexibility index (Phi) is 5.79. The van der Waals surface area contributed by atoms with E-state index in [2.05, 4.69) is 25.2 Å². The van der Waals surface area contributed by atoms with E-state index in [1.54, 1.807) is 0 Å². The Hall–Kier alpha value is -0.480. The Balaban J connectivity index is 2.33. The molecule has 1 aliphatic carbocycles. The molecule has 0 spiro atoms. The highest BCUT2D eigenvalue weighted by atomic mass is 14.9. The lowest BCUT2D eigenvalue weighted by molar-refractivity contribution is 0.217. The van der Waals surface area contributed by atoms with Crippen LogP contribution in [0.2, 0.25) is 0 Å². The molecule has 1 rings (SSSR count). The summed E-state index contributed by atoms with van der Waals surface area (Å²) in [5.74, 6) is 4.61. The Morgan fingerprint density at radius 3 is 2.47 bits per heavy atom. The smallest absolute Gasteiger partial charge is 0.0101 e. The third-order valence-electron chi connectivity index (χ3n) is 4.01. The zero-order chi connectivity index (χ0) is 11.1. The predicted molar refractivity (Wildman–Crippen MR) is 66.7 cm³/mol. The lowest BCUT2D eigenvalue weighted by Crippen LogP contribution is -2.35. The van der Waals surface area contributed by atoms with E-state index in [1.807, 2.05) is 0 Å². The van der Waals surface area contributed by atoms with Crippen molar-refractivity contribution in [1.29, 1.82) is 0 Å². The van der Waals surface area contributed by atoms with Crippen molar-refractivity contribution in [3.05, 3.63) is 0 Å². The zero-order valence-corrected chi connectivity index (χ0v) is 10.3. The molecule has 1 atom stereocenters. The van der Waals surface area contributed by atoms with Crippen molar-refractivity contribution in [3.63, 3.8) is 0 Å². The highest BCUT2D eigenvalue weighted by Gasteiger charge is 2.25. The van der Waals surface area contributed by atoms with Crippen LogP contribution in [0.5, 0.6) is 0 Å². The van der Waals surface area contributed by atoms with E-state index in [0.717, 1.165) is 24.7 Å². The third kappa shape index (κ3) is 3.87. The molecule has 0 amide bonds. The standard InChI is InChI=1S/C14H25N/c1-4-6-7-14(15-3)13-10-8-12(5-2)9-11-13/h1,12-15H,5-11H2,2-3H3. The molecule has 1 saturated carbocycles. The van der Waals surface area contributed by atoms with E-state index in [0.29, 0.717) is 6.04 Å². The molecule has 0 saturated heterocycles. The van der Waals surface area contributed by atoms with Crippen LogP contribution in [0.15, 0.2) is 0 Å². The predicted octanol–water partition coefficient (Wildman–Crippen LogP) is 3.20.